The van der Waals surface area contributed by atoms with Crippen molar-refractivity contribution in [1.29, 1.82) is 0 Å². The van der Waals surface area contributed by atoms with Crippen molar-refractivity contribution >= 4 is 11.3 Å². The van der Waals surface area contributed by atoms with Gasteiger partial charge in [0.15, 0.2) is 0 Å². The van der Waals surface area contributed by atoms with Gasteiger partial charge in [-0.15, -0.1) is 11.3 Å². The predicted molar refractivity (Wildman–Crippen MR) is 77.3 cm³/mol. The molecule has 0 fully saturated rings. The minimum absolute atomic E-state index is 0.224. The van der Waals surface area contributed by atoms with Gasteiger partial charge >= 0.3 is 0 Å². The molecule has 2 rings (SSSR count). The predicted octanol–water partition coefficient (Wildman–Crippen LogP) is 3.62. The molecule has 0 saturated heterocycles. The largest absolute Gasteiger partial charge is 0.493 e. The molecule has 19 heavy (non-hydrogen) atoms. The summed E-state index contributed by atoms with van der Waals surface area (Å²) in [7, 11) is 0. The summed E-state index contributed by atoms with van der Waals surface area (Å²) >= 11 is 1.73. The molecule has 2 nitrogen and oxygen atoms in total. The number of halogens is 1. The van der Waals surface area contributed by atoms with Gasteiger partial charge in [-0.2, -0.15) is 0 Å². The van der Waals surface area contributed by atoms with Gasteiger partial charge in [0.25, 0.3) is 0 Å². The molecule has 0 unspecified atom stereocenters. The van der Waals surface area contributed by atoms with Crippen LogP contribution >= 0.6 is 11.3 Å². The van der Waals surface area contributed by atoms with Crippen molar-refractivity contribution in [3.05, 3.63) is 52.0 Å². The van der Waals surface area contributed by atoms with E-state index in [0.717, 1.165) is 24.3 Å². The number of nitrogens with one attached hydrogen (secondary N) is 1. The third-order valence-electron chi connectivity index (χ3n) is 2.77. The van der Waals surface area contributed by atoms with Crippen LogP contribution in [0.2, 0.25) is 0 Å². The van der Waals surface area contributed by atoms with Crippen LogP contribution in [0, 0.1) is 5.82 Å². The smallest absolute Gasteiger partial charge is 0.123 e. The normalized spacial score (nSPS) is 10.6. The zero-order chi connectivity index (χ0) is 13.5. The van der Waals surface area contributed by atoms with Crippen molar-refractivity contribution in [3.8, 4) is 5.75 Å². The molecule has 1 aromatic carbocycles. The van der Waals surface area contributed by atoms with Crippen LogP contribution in [-0.4, -0.2) is 13.2 Å². The molecule has 102 valence electrons. The number of benzene rings is 1. The van der Waals surface area contributed by atoms with Gasteiger partial charge in [-0.3, -0.25) is 0 Å². The minimum atomic E-state index is -0.224. The first-order chi connectivity index (χ1) is 9.29. The highest BCUT2D eigenvalue weighted by atomic mass is 32.1. The molecule has 0 saturated carbocycles. The van der Waals surface area contributed by atoms with E-state index in [-0.39, 0.29) is 5.82 Å². The van der Waals surface area contributed by atoms with E-state index >= 15 is 0 Å². The summed E-state index contributed by atoms with van der Waals surface area (Å²) in [5.74, 6) is 0.539. The van der Waals surface area contributed by atoms with E-state index in [0.29, 0.717) is 13.2 Å². The van der Waals surface area contributed by atoms with E-state index in [9.17, 15) is 4.39 Å². The molecule has 0 atom stereocenters. The Hall–Kier alpha value is -1.39. The Morgan fingerprint density at radius 3 is 2.95 bits per heavy atom. The van der Waals surface area contributed by atoms with Gasteiger partial charge in [-0.25, -0.2) is 4.39 Å². The molecule has 0 aliphatic rings. The summed E-state index contributed by atoms with van der Waals surface area (Å²) in [6, 6.07) is 8.81. The Labute approximate surface area is 117 Å². The Morgan fingerprint density at radius 1 is 1.32 bits per heavy atom. The zero-order valence-electron chi connectivity index (χ0n) is 11.0. The molecule has 0 amide bonds. The lowest BCUT2D eigenvalue weighted by molar-refractivity contribution is 0.318. The lowest BCUT2D eigenvalue weighted by Crippen LogP contribution is -2.13. The second-order valence-electron chi connectivity index (χ2n) is 4.21. The Kier molecular flexibility index (Phi) is 5.36. The van der Waals surface area contributed by atoms with Gasteiger partial charge in [0, 0.05) is 23.4 Å². The maximum absolute atomic E-state index is 13.2. The van der Waals surface area contributed by atoms with Crippen molar-refractivity contribution in [2.24, 2.45) is 0 Å². The van der Waals surface area contributed by atoms with E-state index in [1.54, 1.807) is 17.4 Å². The number of ether oxygens (including phenoxy) is 1. The summed E-state index contributed by atoms with van der Waals surface area (Å²) in [6.45, 7) is 4.12. The van der Waals surface area contributed by atoms with Crippen LogP contribution in [0.1, 0.15) is 17.4 Å². The molecule has 2 aromatic rings. The first kappa shape index (κ1) is 14.0. The lowest BCUT2D eigenvalue weighted by Gasteiger charge is -2.11. The minimum Gasteiger partial charge on any atom is -0.493 e. The molecule has 4 heteroatoms. The highest BCUT2D eigenvalue weighted by Gasteiger charge is 2.05. The molecule has 0 aliphatic heterocycles. The van der Waals surface area contributed by atoms with E-state index < -0.39 is 0 Å². The summed E-state index contributed by atoms with van der Waals surface area (Å²) in [4.78, 5) is 1.30. The summed E-state index contributed by atoms with van der Waals surface area (Å²) in [5.41, 5.74) is 0.869. The Bertz CT molecular complexity index is 499. The fourth-order valence-corrected chi connectivity index (χ4v) is 2.49. The second kappa shape index (κ2) is 7.26. The van der Waals surface area contributed by atoms with E-state index in [2.05, 4.69) is 16.8 Å². The number of hydrogen-bond donors (Lipinski definition) is 1. The van der Waals surface area contributed by atoms with Gasteiger partial charge in [0.05, 0.1) is 6.61 Å². The van der Waals surface area contributed by atoms with E-state index in [4.69, 9.17) is 4.74 Å². The maximum Gasteiger partial charge on any atom is 0.123 e. The van der Waals surface area contributed by atoms with Crippen LogP contribution in [0.25, 0.3) is 0 Å². The van der Waals surface area contributed by atoms with E-state index in [1.807, 2.05) is 13.0 Å². The summed E-state index contributed by atoms with van der Waals surface area (Å²) in [5, 5.41) is 5.25. The summed E-state index contributed by atoms with van der Waals surface area (Å²) in [6.07, 6.45) is 0.885. The molecule has 1 aromatic heterocycles. The molecule has 1 heterocycles. The van der Waals surface area contributed by atoms with Gasteiger partial charge in [-0.05, 0) is 36.2 Å². The van der Waals surface area contributed by atoms with Crippen LogP contribution < -0.4 is 10.1 Å². The Balaban J connectivity index is 1.94. The molecule has 0 bridgehead atoms. The molecular formula is C15H18FNOS. The first-order valence-electron chi connectivity index (χ1n) is 6.44. The number of thiophene rings is 1. The van der Waals surface area contributed by atoms with Crippen molar-refractivity contribution in [3.63, 3.8) is 0 Å². The molecule has 1 N–H and O–H groups in total. The number of rotatable bonds is 7. The molecule has 0 spiro atoms. The fourth-order valence-electron chi connectivity index (χ4n) is 1.80. The fraction of sp³-hybridized carbons (Fsp3) is 0.333. The highest BCUT2D eigenvalue weighted by molar-refractivity contribution is 7.09. The quantitative estimate of drug-likeness (QED) is 0.836. The van der Waals surface area contributed by atoms with Crippen LogP contribution in [0.5, 0.6) is 5.75 Å². The first-order valence-corrected chi connectivity index (χ1v) is 7.32. The molecular weight excluding hydrogens is 261 g/mol. The van der Waals surface area contributed by atoms with Gasteiger partial charge in [0.1, 0.15) is 11.6 Å². The lowest BCUT2D eigenvalue weighted by atomic mass is 10.2. The van der Waals surface area contributed by atoms with Crippen LogP contribution in [-0.2, 0) is 13.0 Å². The van der Waals surface area contributed by atoms with Crippen molar-refractivity contribution in [2.75, 3.05) is 13.2 Å². The third-order valence-corrected chi connectivity index (χ3v) is 3.71. The molecule has 0 aliphatic carbocycles. The monoisotopic (exact) mass is 279 g/mol. The SMILES string of the molecule is CCNCc1cc(F)ccc1OCCc1cccs1. The standard InChI is InChI=1S/C15H18FNOS/c1-2-17-11-12-10-13(16)5-6-15(12)18-8-7-14-4-3-9-19-14/h3-6,9-10,17H,2,7-8,11H2,1H3. The topological polar surface area (TPSA) is 21.3 Å². The molecule has 0 radical (unpaired) electrons. The Morgan fingerprint density at radius 2 is 2.21 bits per heavy atom. The van der Waals surface area contributed by atoms with Crippen molar-refractivity contribution < 1.29 is 9.13 Å². The number of hydrogen-bond acceptors (Lipinski definition) is 3. The van der Waals surface area contributed by atoms with E-state index in [1.165, 1.54) is 17.0 Å². The third kappa shape index (κ3) is 4.33. The van der Waals surface area contributed by atoms with Crippen LogP contribution in [0.3, 0.4) is 0 Å². The van der Waals surface area contributed by atoms with Gasteiger partial charge in [-0.1, -0.05) is 13.0 Å². The van der Waals surface area contributed by atoms with Crippen LogP contribution in [0.15, 0.2) is 35.7 Å². The average Bonchev–Trinajstić information content (AvgIpc) is 2.91. The maximum atomic E-state index is 13.2. The van der Waals surface area contributed by atoms with Crippen LogP contribution in [0.4, 0.5) is 4.39 Å². The van der Waals surface area contributed by atoms with Crippen molar-refractivity contribution in [1.82, 2.24) is 5.32 Å². The van der Waals surface area contributed by atoms with Gasteiger partial charge in [0.2, 0.25) is 0 Å². The van der Waals surface area contributed by atoms with Gasteiger partial charge < -0.3 is 10.1 Å². The van der Waals surface area contributed by atoms with Crippen molar-refractivity contribution in [2.45, 2.75) is 19.9 Å². The summed E-state index contributed by atoms with van der Waals surface area (Å²) < 4.78 is 19.0. The second-order valence-corrected chi connectivity index (χ2v) is 5.24. The average molecular weight is 279 g/mol. The highest BCUT2D eigenvalue weighted by Crippen LogP contribution is 2.20. The zero-order valence-corrected chi connectivity index (χ0v) is 11.8.